The van der Waals surface area contributed by atoms with Gasteiger partial charge in [-0.3, -0.25) is 0 Å². The van der Waals surface area contributed by atoms with Crippen molar-refractivity contribution in [2.75, 3.05) is 4.90 Å². The van der Waals surface area contributed by atoms with Crippen molar-refractivity contribution in [1.29, 1.82) is 0 Å². The standard InChI is InChI=1S/C57H37NO/c1-3-21-40(22-4-1)57(41-23-5-2-6-24-41)50-30-14-11-27-45(50)46-35-34-42(37-51(46)57)58(52-32-17-20-38-18-7-9-25-43(38)52)53-31-15-12-28-47(53)49-36-39-19-8-10-26-44(39)56-55(49)48-29-13-16-33-54(48)59-56/h1-37H. The molecule has 0 N–H and O–H groups in total. The lowest BCUT2D eigenvalue weighted by Crippen LogP contribution is -2.28. The van der Waals surface area contributed by atoms with Crippen LogP contribution in [0.1, 0.15) is 22.3 Å². The van der Waals surface area contributed by atoms with Gasteiger partial charge in [0.05, 0.1) is 16.8 Å². The van der Waals surface area contributed by atoms with Gasteiger partial charge in [0.2, 0.25) is 0 Å². The van der Waals surface area contributed by atoms with Crippen molar-refractivity contribution in [3.63, 3.8) is 0 Å². The summed E-state index contributed by atoms with van der Waals surface area (Å²) in [6.07, 6.45) is 0. The normalized spacial score (nSPS) is 12.9. The van der Waals surface area contributed by atoms with Gasteiger partial charge in [0.15, 0.2) is 0 Å². The van der Waals surface area contributed by atoms with Crippen molar-refractivity contribution in [2.24, 2.45) is 0 Å². The largest absolute Gasteiger partial charge is 0.455 e. The third-order valence-corrected chi connectivity index (χ3v) is 12.5. The lowest BCUT2D eigenvalue weighted by atomic mass is 9.67. The SMILES string of the molecule is c1ccc(C2(c3ccccc3)c3ccccc3-c3ccc(N(c4ccccc4-c4cc5ccccc5c5oc6ccccc6c45)c4cccc5ccccc45)cc32)cc1. The average molecular weight is 752 g/mol. The van der Waals surface area contributed by atoms with E-state index in [0.29, 0.717) is 0 Å². The number of para-hydroxylation sites is 2. The Morgan fingerprint density at radius 3 is 1.73 bits per heavy atom. The van der Waals surface area contributed by atoms with Crippen LogP contribution in [0.2, 0.25) is 0 Å². The third kappa shape index (κ3) is 4.93. The van der Waals surface area contributed by atoms with Gasteiger partial charge in [-0.05, 0) is 86.1 Å². The third-order valence-electron chi connectivity index (χ3n) is 12.5. The van der Waals surface area contributed by atoms with Gasteiger partial charge in [0.25, 0.3) is 0 Å². The first-order valence-corrected chi connectivity index (χ1v) is 20.3. The smallest absolute Gasteiger partial charge is 0.143 e. The van der Waals surface area contributed by atoms with Crippen LogP contribution in [0.5, 0.6) is 0 Å². The predicted molar refractivity (Wildman–Crippen MR) is 246 cm³/mol. The van der Waals surface area contributed by atoms with Gasteiger partial charge < -0.3 is 9.32 Å². The molecule has 0 spiro atoms. The number of benzene rings is 10. The number of hydrogen-bond donors (Lipinski definition) is 0. The Morgan fingerprint density at radius 1 is 0.356 bits per heavy atom. The molecule has 0 fully saturated rings. The van der Waals surface area contributed by atoms with Crippen LogP contribution in [0.3, 0.4) is 0 Å². The first kappa shape index (κ1) is 33.5. The molecule has 0 bridgehead atoms. The van der Waals surface area contributed by atoms with E-state index >= 15 is 0 Å². The highest BCUT2D eigenvalue weighted by atomic mass is 16.3. The van der Waals surface area contributed by atoms with Crippen molar-refractivity contribution in [2.45, 2.75) is 5.41 Å². The van der Waals surface area contributed by atoms with Crippen LogP contribution in [0, 0.1) is 0 Å². The second-order valence-corrected chi connectivity index (χ2v) is 15.6. The molecular formula is C57H37NO. The molecular weight excluding hydrogens is 715 g/mol. The molecule has 1 aliphatic carbocycles. The minimum atomic E-state index is -0.533. The average Bonchev–Trinajstić information content (AvgIpc) is 3.84. The molecule has 10 aromatic carbocycles. The van der Waals surface area contributed by atoms with E-state index in [9.17, 15) is 0 Å². The van der Waals surface area contributed by atoms with Crippen LogP contribution in [-0.2, 0) is 5.41 Å². The monoisotopic (exact) mass is 751 g/mol. The van der Waals surface area contributed by atoms with Gasteiger partial charge in [0, 0.05) is 32.8 Å². The molecule has 0 unspecified atom stereocenters. The Hall–Kier alpha value is -7.68. The van der Waals surface area contributed by atoms with E-state index in [1.165, 1.54) is 44.2 Å². The van der Waals surface area contributed by atoms with Crippen LogP contribution in [0.25, 0.3) is 65.7 Å². The molecule has 276 valence electrons. The summed E-state index contributed by atoms with van der Waals surface area (Å²) in [6.45, 7) is 0. The van der Waals surface area contributed by atoms with Gasteiger partial charge in [-0.1, -0.05) is 188 Å². The zero-order valence-corrected chi connectivity index (χ0v) is 32.2. The van der Waals surface area contributed by atoms with E-state index in [2.05, 4.69) is 229 Å². The van der Waals surface area contributed by atoms with Gasteiger partial charge in [-0.2, -0.15) is 0 Å². The molecule has 2 heteroatoms. The Labute approximate surface area is 342 Å². The lowest BCUT2D eigenvalue weighted by molar-refractivity contribution is 0.673. The second-order valence-electron chi connectivity index (χ2n) is 15.6. The first-order chi connectivity index (χ1) is 29.3. The molecule has 0 saturated carbocycles. The summed E-state index contributed by atoms with van der Waals surface area (Å²) in [7, 11) is 0. The fourth-order valence-corrected chi connectivity index (χ4v) is 10.1. The number of hydrogen-bond acceptors (Lipinski definition) is 2. The van der Waals surface area contributed by atoms with Crippen molar-refractivity contribution in [3.8, 4) is 22.3 Å². The molecule has 1 aliphatic rings. The van der Waals surface area contributed by atoms with E-state index in [4.69, 9.17) is 4.42 Å². The van der Waals surface area contributed by atoms with Crippen molar-refractivity contribution < 1.29 is 4.42 Å². The van der Waals surface area contributed by atoms with Gasteiger partial charge in [0.1, 0.15) is 11.2 Å². The molecule has 2 nitrogen and oxygen atoms in total. The number of fused-ring (bicyclic) bond motifs is 9. The van der Waals surface area contributed by atoms with Gasteiger partial charge in [-0.25, -0.2) is 0 Å². The fourth-order valence-electron chi connectivity index (χ4n) is 10.1. The molecule has 59 heavy (non-hydrogen) atoms. The molecule has 12 rings (SSSR count). The van der Waals surface area contributed by atoms with Crippen molar-refractivity contribution >= 4 is 60.5 Å². The Kier molecular flexibility index (Phi) is 7.48. The fraction of sp³-hybridized carbons (Fsp3) is 0.0175. The summed E-state index contributed by atoms with van der Waals surface area (Å²) in [4.78, 5) is 2.49. The molecule has 0 aliphatic heterocycles. The molecule has 0 amide bonds. The second kappa shape index (κ2) is 13.2. The van der Waals surface area contributed by atoms with Crippen LogP contribution in [0.15, 0.2) is 229 Å². The van der Waals surface area contributed by atoms with Crippen molar-refractivity contribution in [1.82, 2.24) is 0 Å². The first-order valence-electron chi connectivity index (χ1n) is 20.3. The zero-order chi connectivity index (χ0) is 38.9. The zero-order valence-electron chi connectivity index (χ0n) is 32.2. The lowest BCUT2D eigenvalue weighted by Gasteiger charge is -2.35. The van der Waals surface area contributed by atoms with E-state index < -0.39 is 5.41 Å². The van der Waals surface area contributed by atoms with E-state index in [-0.39, 0.29) is 0 Å². The Morgan fingerprint density at radius 2 is 0.932 bits per heavy atom. The summed E-state index contributed by atoms with van der Waals surface area (Å²) in [5.74, 6) is 0. The predicted octanol–water partition coefficient (Wildman–Crippen LogP) is 15.4. The quantitative estimate of drug-likeness (QED) is 0.168. The van der Waals surface area contributed by atoms with Crippen LogP contribution in [-0.4, -0.2) is 0 Å². The molecule has 1 aromatic heterocycles. The van der Waals surface area contributed by atoms with Gasteiger partial charge >= 0.3 is 0 Å². The van der Waals surface area contributed by atoms with Crippen LogP contribution < -0.4 is 4.90 Å². The summed E-state index contributed by atoms with van der Waals surface area (Å²) in [5.41, 5.74) is 14.4. The van der Waals surface area contributed by atoms with Gasteiger partial charge in [-0.15, -0.1) is 0 Å². The molecule has 1 heterocycles. The summed E-state index contributed by atoms with van der Waals surface area (Å²) in [5, 5.41) is 6.87. The highest BCUT2D eigenvalue weighted by Crippen LogP contribution is 2.58. The molecule has 0 atom stereocenters. The Bertz CT molecular complexity index is 3350. The van der Waals surface area contributed by atoms with Crippen LogP contribution in [0.4, 0.5) is 17.1 Å². The number of furan rings is 1. The highest BCUT2D eigenvalue weighted by Gasteiger charge is 2.46. The maximum Gasteiger partial charge on any atom is 0.143 e. The van der Waals surface area contributed by atoms with Crippen LogP contribution >= 0.6 is 0 Å². The van der Waals surface area contributed by atoms with E-state index in [1.807, 2.05) is 0 Å². The minimum Gasteiger partial charge on any atom is -0.455 e. The molecule has 0 radical (unpaired) electrons. The maximum atomic E-state index is 6.73. The topological polar surface area (TPSA) is 16.4 Å². The Balaban J connectivity index is 1.19. The van der Waals surface area contributed by atoms with E-state index in [1.54, 1.807) is 0 Å². The maximum absolute atomic E-state index is 6.73. The summed E-state index contributed by atoms with van der Waals surface area (Å²) >= 11 is 0. The van der Waals surface area contributed by atoms with E-state index in [0.717, 1.165) is 60.9 Å². The number of anilines is 3. The number of nitrogens with zero attached hydrogens (tertiary/aromatic N) is 1. The summed E-state index contributed by atoms with van der Waals surface area (Å²) in [6, 6.07) is 81.9. The van der Waals surface area contributed by atoms with Crippen molar-refractivity contribution in [3.05, 3.63) is 247 Å². The molecule has 11 aromatic rings. The highest BCUT2D eigenvalue weighted by molar-refractivity contribution is 6.22. The molecule has 0 saturated heterocycles. The summed E-state index contributed by atoms with van der Waals surface area (Å²) < 4.78 is 6.73. The minimum absolute atomic E-state index is 0.533. The number of rotatable bonds is 6.